The van der Waals surface area contributed by atoms with Crippen molar-refractivity contribution in [1.82, 2.24) is 9.97 Å². The molecule has 2 heterocycles. The van der Waals surface area contributed by atoms with Crippen molar-refractivity contribution < 1.29 is 22.8 Å². The van der Waals surface area contributed by atoms with E-state index in [9.17, 15) is 22.8 Å². The minimum Gasteiger partial charge on any atom is -0.292 e. The van der Waals surface area contributed by atoms with E-state index in [-0.39, 0.29) is 18.6 Å². The molecule has 0 atom stereocenters. The van der Waals surface area contributed by atoms with Crippen LogP contribution >= 0.6 is 22.7 Å². The molecule has 2 rings (SSSR count). The van der Waals surface area contributed by atoms with Gasteiger partial charge in [0.1, 0.15) is 5.69 Å². The van der Waals surface area contributed by atoms with E-state index >= 15 is 0 Å². The molecule has 0 bridgehead atoms. The summed E-state index contributed by atoms with van der Waals surface area (Å²) in [5, 5.41) is 3.34. The Morgan fingerprint density at radius 2 is 1.81 bits per heavy atom. The number of carbonyl (C=O) groups excluding carboxylic acids is 2. The van der Waals surface area contributed by atoms with Gasteiger partial charge in [-0.25, -0.2) is 9.97 Å². The van der Waals surface area contributed by atoms with Gasteiger partial charge in [0, 0.05) is 29.3 Å². The lowest BCUT2D eigenvalue weighted by molar-refractivity contribution is -0.171. The fourth-order valence-electron chi connectivity index (χ4n) is 2.51. The van der Waals surface area contributed by atoms with Crippen LogP contribution in [0.15, 0.2) is 11.6 Å². The van der Waals surface area contributed by atoms with Crippen LogP contribution in [-0.2, 0) is 11.2 Å². The molecule has 0 saturated carbocycles. The van der Waals surface area contributed by atoms with Gasteiger partial charge in [-0.3, -0.25) is 9.59 Å². The summed E-state index contributed by atoms with van der Waals surface area (Å²) in [6, 6.07) is 0. The van der Waals surface area contributed by atoms with Crippen LogP contribution in [0, 0.1) is 5.92 Å². The summed E-state index contributed by atoms with van der Waals surface area (Å²) >= 11 is 2.93. The molecule has 148 valence electrons. The molecule has 0 saturated heterocycles. The highest BCUT2D eigenvalue weighted by Crippen LogP contribution is 2.32. The maximum absolute atomic E-state index is 12.6. The molecule has 0 unspecified atom stereocenters. The van der Waals surface area contributed by atoms with Gasteiger partial charge in [-0.1, -0.05) is 20.3 Å². The Bertz CT molecular complexity index is 768. The fraction of sp³-hybridized carbons (Fsp3) is 0.556. The van der Waals surface area contributed by atoms with E-state index in [1.54, 1.807) is 6.20 Å². The van der Waals surface area contributed by atoms with E-state index in [1.807, 2.05) is 5.38 Å². The maximum atomic E-state index is 12.6. The standard InChI is InChI=1S/C18H21F3N2O2S2/c1-11(2)10-13-15(23-17(27-13)16-22-8-9-26-16)12(24)6-4-3-5-7-14(25)18(19,20)21/h8-9,11H,3-7,10H2,1-2H3. The molecule has 0 aliphatic carbocycles. The molecule has 0 N–H and O–H groups in total. The molecule has 9 heteroatoms. The Hall–Kier alpha value is -1.61. The van der Waals surface area contributed by atoms with Gasteiger partial charge in [-0.2, -0.15) is 13.2 Å². The van der Waals surface area contributed by atoms with Gasteiger partial charge in [-0.05, 0) is 25.2 Å². The van der Waals surface area contributed by atoms with Gasteiger partial charge >= 0.3 is 6.18 Å². The van der Waals surface area contributed by atoms with Crippen molar-refractivity contribution in [2.45, 2.75) is 58.5 Å². The highest BCUT2D eigenvalue weighted by Gasteiger charge is 2.37. The molecule has 2 aromatic rings. The second kappa shape index (κ2) is 9.54. The van der Waals surface area contributed by atoms with Crippen LogP contribution < -0.4 is 0 Å². The van der Waals surface area contributed by atoms with Crippen molar-refractivity contribution in [2.24, 2.45) is 5.92 Å². The zero-order valence-corrected chi connectivity index (χ0v) is 16.8. The summed E-state index contributed by atoms with van der Waals surface area (Å²) in [4.78, 5) is 33.0. The van der Waals surface area contributed by atoms with Crippen LogP contribution in [0.3, 0.4) is 0 Å². The van der Waals surface area contributed by atoms with Crippen molar-refractivity contribution >= 4 is 34.2 Å². The van der Waals surface area contributed by atoms with Gasteiger partial charge in [0.15, 0.2) is 15.8 Å². The van der Waals surface area contributed by atoms with Gasteiger partial charge < -0.3 is 0 Å². The second-order valence-corrected chi connectivity index (χ2v) is 8.61. The van der Waals surface area contributed by atoms with Crippen LogP contribution in [0.5, 0.6) is 0 Å². The molecule has 0 radical (unpaired) electrons. The monoisotopic (exact) mass is 418 g/mol. The highest BCUT2D eigenvalue weighted by molar-refractivity contribution is 7.20. The molecule has 0 aromatic carbocycles. The first-order chi connectivity index (χ1) is 12.7. The van der Waals surface area contributed by atoms with E-state index in [0.29, 0.717) is 24.5 Å². The van der Waals surface area contributed by atoms with E-state index in [4.69, 9.17) is 0 Å². The molecular formula is C18H21F3N2O2S2. The number of nitrogens with zero attached hydrogens (tertiary/aromatic N) is 2. The third kappa shape index (κ3) is 6.49. The van der Waals surface area contributed by atoms with Crippen LogP contribution in [-0.4, -0.2) is 27.7 Å². The third-order valence-electron chi connectivity index (χ3n) is 3.79. The number of alkyl halides is 3. The Morgan fingerprint density at radius 3 is 2.41 bits per heavy atom. The average molecular weight is 419 g/mol. The lowest BCUT2D eigenvalue weighted by Crippen LogP contribution is -2.22. The zero-order chi connectivity index (χ0) is 20.0. The fourth-order valence-corrected chi connectivity index (χ4v) is 4.48. The van der Waals surface area contributed by atoms with Gasteiger partial charge in [0.05, 0.1) is 0 Å². The molecule has 0 aliphatic rings. The summed E-state index contributed by atoms with van der Waals surface area (Å²) in [5.41, 5.74) is 0.449. The van der Waals surface area contributed by atoms with Crippen LogP contribution in [0.25, 0.3) is 10.0 Å². The first-order valence-corrected chi connectivity index (χ1v) is 10.4. The van der Waals surface area contributed by atoms with Crippen molar-refractivity contribution in [2.75, 3.05) is 0 Å². The number of thiazole rings is 2. The molecule has 2 aromatic heterocycles. The quantitative estimate of drug-likeness (QED) is 0.365. The first-order valence-electron chi connectivity index (χ1n) is 8.71. The lowest BCUT2D eigenvalue weighted by atomic mass is 10.0. The lowest BCUT2D eigenvalue weighted by Gasteiger charge is -2.05. The molecule has 0 amide bonds. The van der Waals surface area contributed by atoms with Crippen molar-refractivity contribution in [1.29, 1.82) is 0 Å². The molecule has 0 aliphatic heterocycles. The molecule has 4 nitrogen and oxygen atoms in total. The van der Waals surface area contributed by atoms with E-state index in [2.05, 4.69) is 23.8 Å². The Labute approximate surface area is 163 Å². The Balaban J connectivity index is 1.94. The Morgan fingerprint density at radius 1 is 1.11 bits per heavy atom. The van der Waals surface area contributed by atoms with Crippen LogP contribution in [0.1, 0.15) is 61.3 Å². The highest BCUT2D eigenvalue weighted by atomic mass is 32.1. The topological polar surface area (TPSA) is 59.9 Å². The van der Waals surface area contributed by atoms with Crippen molar-refractivity contribution in [3.05, 3.63) is 22.1 Å². The normalized spacial score (nSPS) is 11.9. The van der Waals surface area contributed by atoms with Gasteiger partial charge in [-0.15, -0.1) is 22.7 Å². The number of hydrogen-bond acceptors (Lipinski definition) is 6. The number of Topliss-reactive ketones (excluding diaryl/α,β-unsaturated/α-hetero) is 2. The number of ketones is 2. The summed E-state index contributed by atoms with van der Waals surface area (Å²) in [6.07, 6.45) is -1.68. The van der Waals surface area contributed by atoms with Gasteiger partial charge in [0.25, 0.3) is 0 Å². The summed E-state index contributed by atoms with van der Waals surface area (Å²) in [6.45, 7) is 4.13. The van der Waals surface area contributed by atoms with Crippen molar-refractivity contribution in [3.8, 4) is 10.0 Å². The van der Waals surface area contributed by atoms with E-state index in [0.717, 1.165) is 21.3 Å². The number of halogens is 3. The van der Waals surface area contributed by atoms with E-state index in [1.165, 1.54) is 22.7 Å². The number of unbranched alkanes of at least 4 members (excludes halogenated alkanes) is 2. The summed E-state index contributed by atoms with van der Waals surface area (Å²) in [5.74, 6) is -1.44. The van der Waals surface area contributed by atoms with Crippen LogP contribution in [0.4, 0.5) is 13.2 Å². The maximum Gasteiger partial charge on any atom is 0.449 e. The largest absolute Gasteiger partial charge is 0.449 e. The average Bonchev–Trinajstić information content (AvgIpc) is 3.22. The predicted octanol–water partition coefficient (Wildman–Crippen LogP) is 5.73. The molecule has 0 fully saturated rings. The molecule has 27 heavy (non-hydrogen) atoms. The summed E-state index contributed by atoms with van der Waals surface area (Å²) in [7, 11) is 0. The Kier molecular flexibility index (Phi) is 7.67. The number of aromatic nitrogens is 2. The first kappa shape index (κ1) is 21.7. The third-order valence-corrected chi connectivity index (χ3v) is 5.79. The second-order valence-electron chi connectivity index (χ2n) is 6.63. The summed E-state index contributed by atoms with van der Waals surface area (Å²) < 4.78 is 36.5. The van der Waals surface area contributed by atoms with Crippen molar-refractivity contribution in [3.63, 3.8) is 0 Å². The smallest absolute Gasteiger partial charge is 0.292 e. The molecular weight excluding hydrogens is 397 g/mol. The predicted molar refractivity (Wildman–Crippen MR) is 100 cm³/mol. The number of rotatable bonds is 10. The zero-order valence-electron chi connectivity index (χ0n) is 15.1. The molecule has 0 spiro atoms. The SMILES string of the molecule is CC(C)Cc1sc(-c2nccs2)nc1C(=O)CCCCCC(=O)C(F)(F)F. The number of hydrogen-bond donors (Lipinski definition) is 0. The minimum atomic E-state index is -4.77. The van der Waals surface area contributed by atoms with Crippen LogP contribution in [0.2, 0.25) is 0 Å². The minimum absolute atomic E-state index is 0.105. The van der Waals surface area contributed by atoms with E-state index < -0.39 is 18.4 Å². The number of carbonyl (C=O) groups is 2. The van der Waals surface area contributed by atoms with Gasteiger partial charge in [0.2, 0.25) is 5.78 Å².